The molecule has 1 saturated heterocycles. The molecule has 1 fully saturated rings. The lowest BCUT2D eigenvalue weighted by Crippen LogP contribution is -2.39. The van der Waals surface area contributed by atoms with Crippen molar-refractivity contribution >= 4 is 39.2 Å². The first-order valence-corrected chi connectivity index (χ1v) is 11.8. The highest BCUT2D eigenvalue weighted by Crippen LogP contribution is 2.25. The van der Waals surface area contributed by atoms with Crippen molar-refractivity contribution in [3.63, 3.8) is 0 Å². The average molecular weight is 428 g/mol. The van der Waals surface area contributed by atoms with E-state index in [0.29, 0.717) is 27.0 Å². The maximum atomic E-state index is 13.2. The van der Waals surface area contributed by atoms with Crippen LogP contribution in [0.25, 0.3) is 15.9 Å². The fourth-order valence-electron chi connectivity index (χ4n) is 3.56. The van der Waals surface area contributed by atoms with E-state index in [1.165, 1.54) is 28.7 Å². The summed E-state index contributed by atoms with van der Waals surface area (Å²) in [6.07, 6.45) is 2.12. The first-order chi connectivity index (χ1) is 13.9. The lowest BCUT2D eigenvalue weighted by atomic mass is 9.99. The van der Waals surface area contributed by atoms with Crippen molar-refractivity contribution in [3.05, 3.63) is 51.1 Å². The number of likely N-dealkylation sites (tertiary alicyclic amines) is 1. The molecule has 0 atom stereocenters. The number of piperidine rings is 1. The van der Waals surface area contributed by atoms with Crippen molar-refractivity contribution in [2.24, 2.45) is 5.92 Å². The second kappa shape index (κ2) is 8.32. The molecule has 0 spiro atoms. The van der Waals surface area contributed by atoms with E-state index in [1.54, 1.807) is 4.57 Å². The van der Waals surface area contributed by atoms with E-state index in [0.717, 1.165) is 37.2 Å². The summed E-state index contributed by atoms with van der Waals surface area (Å²) in [5, 5.41) is 2.46. The van der Waals surface area contributed by atoms with Gasteiger partial charge in [0.05, 0.1) is 17.0 Å². The summed E-state index contributed by atoms with van der Waals surface area (Å²) in [5.41, 5.74) is 3.71. The molecular weight excluding hydrogens is 402 g/mol. The average Bonchev–Trinajstić information content (AvgIpc) is 3.18. The predicted molar refractivity (Wildman–Crippen MR) is 120 cm³/mol. The Bertz CT molecular complexity index is 1110. The monoisotopic (exact) mass is 427 g/mol. The van der Waals surface area contributed by atoms with Gasteiger partial charge in [0.15, 0.2) is 5.16 Å². The summed E-state index contributed by atoms with van der Waals surface area (Å²) < 4.78 is 2.30. The Morgan fingerprint density at radius 2 is 1.97 bits per heavy atom. The van der Waals surface area contributed by atoms with Crippen LogP contribution in [0.1, 0.15) is 30.9 Å². The minimum atomic E-state index is -0.0741. The predicted octanol–water partition coefficient (Wildman–Crippen LogP) is 4.41. The van der Waals surface area contributed by atoms with Crippen molar-refractivity contribution in [1.29, 1.82) is 0 Å². The number of benzene rings is 1. The van der Waals surface area contributed by atoms with E-state index < -0.39 is 0 Å². The number of aryl methyl sites for hydroxylation is 2. The van der Waals surface area contributed by atoms with Crippen LogP contribution in [0.5, 0.6) is 0 Å². The van der Waals surface area contributed by atoms with Gasteiger partial charge in [-0.25, -0.2) is 4.98 Å². The number of rotatable bonds is 4. The number of nitrogens with zero attached hydrogens (tertiary/aromatic N) is 3. The quantitative estimate of drug-likeness (QED) is 0.457. The standard InChI is InChI=1S/C22H25N3O2S2/c1-14-6-9-24(10-7-14)19(26)13-29-22-23-18-8-11-28-20(18)21(27)25(22)17-5-4-15(2)16(3)12-17/h4-5,8,11-12,14H,6-7,9-10,13H2,1-3H3. The molecule has 1 aliphatic heterocycles. The first-order valence-electron chi connectivity index (χ1n) is 9.92. The van der Waals surface area contributed by atoms with Crippen LogP contribution in [0, 0.1) is 19.8 Å². The highest BCUT2D eigenvalue weighted by Gasteiger charge is 2.22. The van der Waals surface area contributed by atoms with E-state index in [-0.39, 0.29) is 11.5 Å². The Morgan fingerprint density at radius 3 is 2.69 bits per heavy atom. The molecule has 0 N–H and O–H groups in total. The molecule has 1 aliphatic rings. The molecule has 152 valence electrons. The van der Waals surface area contributed by atoms with Gasteiger partial charge in [0.25, 0.3) is 5.56 Å². The van der Waals surface area contributed by atoms with Crippen molar-refractivity contribution in [1.82, 2.24) is 14.5 Å². The van der Waals surface area contributed by atoms with Gasteiger partial charge < -0.3 is 4.90 Å². The number of hydrogen-bond donors (Lipinski definition) is 0. The summed E-state index contributed by atoms with van der Waals surface area (Å²) in [4.78, 5) is 32.6. The van der Waals surface area contributed by atoms with E-state index in [4.69, 9.17) is 4.98 Å². The summed E-state index contributed by atoms with van der Waals surface area (Å²) >= 11 is 2.76. The van der Waals surface area contributed by atoms with Crippen LogP contribution in [0.15, 0.2) is 39.6 Å². The molecule has 0 unspecified atom stereocenters. The summed E-state index contributed by atoms with van der Waals surface area (Å²) in [6, 6.07) is 7.84. The van der Waals surface area contributed by atoms with Crippen LogP contribution in [-0.2, 0) is 4.79 Å². The first kappa shape index (κ1) is 20.2. The van der Waals surface area contributed by atoms with Gasteiger partial charge >= 0.3 is 0 Å². The van der Waals surface area contributed by atoms with Crippen LogP contribution in [-0.4, -0.2) is 39.2 Å². The lowest BCUT2D eigenvalue weighted by molar-refractivity contribution is -0.129. The molecular formula is C22H25N3O2S2. The smallest absolute Gasteiger partial charge is 0.276 e. The maximum absolute atomic E-state index is 13.2. The third-order valence-corrected chi connectivity index (χ3v) is 7.47. The summed E-state index contributed by atoms with van der Waals surface area (Å²) in [7, 11) is 0. The fraction of sp³-hybridized carbons (Fsp3) is 0.409. The number of fused-ring (bicyclic) bond motifs is 1. The highest BCUT2D eigenvalue weighted by atomic mass is 32.2. The molecule has 29 heavy (non-hydrogen) atoms. The SMILES string of the molecule is Cc1ccc(-n2c(SCC(=O)N3CCC(C)CC3)nc3ccsc3c2=O)cc1C. The number of thiophene rings is 1. The van der Waals surface area contributed by atoms with Gasteiger partial charge in [0, 0.05) is 13.1 Å². The van der Waals surface area contributed by atoms with Gasteiger partial charge in [-0.2, -0.15) is 0 Å². The number of hydrogen-bond acceptors (Lipinski definition) is 5. The number of aromatic nitrogens is 2. The second-order valence-corrected chi connectivity index (χ2v) is 9.65. The van der Waals surface area contributed by atoms with Gasteiger partial charge in [-0.1, -0.05) is 24.8 Å². The summed E-state index contributed by atoms with van der Waals surface area (Å²) in [5.74, 6) is 1.10. The molecule has 0 aliphatic carbocycles. The summed E-state index contributed by atoms with van der Waals surface area (Å²) in [6.45, 7) is 7.97. The van der Waals surface area contributed by atoms with E-state index in [2.05, 4.69) is 13.8 Å². The van der Waals surface area contributed by atoms with Gasteiger partial charge in [-0.05, 0) is 67.3 Å². The minimum Gasteiger partial charge on any atom is -0.342 e. The molecule has 1 aromatic carbocycles. The van der Waals surface area contributed by atoms with Gasteiger partial charge in [0.1, 0.15) is 4.70 Å². The fourth-order valence-corrected chi connectivity index (χ4v) is 5.23. The Hall–Kier alpha value is -2.12. The van der Waals surface area contributed by atoms with Crippen molar-refractivity contribution in [2.75, 3.05) is 18.8 Å². The molecule has 3 aromatic rings. The second-order valence-electron chi connectivity index (χ2n) is 7.79. The van der Waals surface area contributed by atoms with Crippen molar-refractivity contribution in [2.45, 2.75) is 38.8 Å². The third-order valence-electron chi connectivity index (χ3n) is 5.66. The molecule has 0 saturated carbocycles. The molecule has 1 amide bonds. The van der Waals surface area contributed by atoms with Crippen LogP contribution in [0.4, 0.5) is 0 Å². The Kier molecular flexibility index (Phi) is 5.79. The number of carbonyl (C=O) groups is 1. The number of carbonyl (C=O) groups excluding carboxylic acids is 1. The molecule has 2 aromatic heterocycles. The molecule has 7 heteroatoms. The maximum Gasteiger partial charge on any atom is 0.276 e. The van der Waals surface area contributed by atoms with Crippen molar-refractivity contribution < 1.29 is 4.79 Å². The third kappa shape index (κ3) is 4.12. The van der Waals surface area contributed by atoms with Gasteiger partial charge in [-0.3, -0.25) is 14.2 Å². The molecule has 0 radical (unpaired) electrons. The Labute approximate surface area is 178 Å². The largest absolute Gasteiger partial charge is 0.342 e. The van der Waals surface area contributed by atoms with E-state index in [9.17, 15) is 9.59 Å². The van der Waals surface area contributed by atoms with E-state index in [1.807, 2.05) is 41.5 Å². The Balaban J connectivity index is 1.66. The topological polar surface area (TPSA) is 55.2 Å². The van der Waals surface area contributed by atoms with E-state index >= 15 is 0 Å². The van der Waals surface area contributed by atoms with Crippen LogP contribution < -0.4 is 5.56 Å². The molecule has 0 bridgehead atoms. The zero-order valence-corrected chi connectivity index (χ0v) is 18.6. The van der Waals surface area contributed by atoms with Gasteiger partial charge in [0.2, 0.25) is 5.91 Å². The highest BCUT2D eigenvalue weighted by molar-refractivity contribution is 7.99. The zero-order valence-electron chi connectivity index (χ0n) is 17.0. The molecule has 3 heterocycles. The number of amides is 1. The zero-order chi connectivity index (χ0) is 20.5. The van der Waals surface area contributed by atoms with Crippen LogP contribution in [0.2, 0.25) is 0 Å². The molecule has 4 rings (SSSR count). The van der Waals surface area contributed by atoms with Crippen LogP contribution >= 0.6 is 23.1 Å². The lowest BCUT2D eigenvalue weighted by Gasteiger charge is -2.30. The minimum absolute atomic E-state index is 0.0741. The number of thioether (sulfide) groups is 1. The molecule has 5 nitrogen and oxygen atoms in total. The van der Waals surface area contributed by atoms with Gasteiger partial charge in [-0.15, -0.1) is 11.3 Å². The Morgan fingerprint density at radius 1 is 1.21 bits per heavy atom. The van der Waals surface area contributed by atoms with Crippen molar-refractivity contribution in [3.8, 4) is 5.69 Å². The normalized spacial score (nSPS) is 15.2. The van der Waals surface area contributed by atoms with Crippen LogP contribution in [0.3, 0.4) is 0 Å².